The van der Waals surface area contributed by atoms with Gasteiger partial charge in [0.05, 0.1) is 18.7 Å². The van der Waals surface area contributed by atoms with Crippen molar-refractivity contribution in [2.45, 2.75) is 97.3 Å². The van der Waals surface area contributed by atoms with Crippen molar-refractivity contribution in [3.63, 3.8) is 0 Å². The molecule has 0 saturated heterocycles. The molecule has 8 heteroatoms. The molecule has 38 heavy (non-hydrogen) atoms. The van der Waals surface area contributed by atoms with Crippen LogP contribution in [0.2, 0.25) is 0 Å². The van der Waals surface area contributed by atoms with E-state index >= 15 is 0 Å². The van der Waals surface area contributed by atoms with Gasteiger partial charge in [0.15, 0.2) is 0 Å². The Kier molecular flexibility index (Phi) is 13.9. The van der Waals surface area contributed by atoms with E-state index in [0.29, 0.717) is 17.7 Å². The maximum absolute atomic E-state index is 13.4. The number of benzene rings is 2. The number of nitrogens with one attached hydrogen (secondary N) is 1. The van der Waals surface area contributed by atoms with Gasteiger partial charge in [-0.15, -0.1) is 5.06 Å². The summed E-state index contributed by atoms with van der Waals surface area (Å²) >= 11 is 0. The summed E-state index contributed by atoms with van der Waals surface area (Å²) in [4.78, 5) is 29.2. The normalized spacial score (nSPS) is 11.5. The highest BCUT2D eigenvalue weighted by atomic mass is 19.4. The first kappa shape index (κ1) is 31.3. The van der Waals surface area contributed by atoms with Gasteiger partial charge in [-0.1, -0.05) is 95.0 Å². The molecule has 0 aliphatic heterocycles. The average Bonchev–Trinajstić information content (AvgIpc) is 2.87. The maximum atomic E-state index is 13.4. The van der Waals surface area contributed by atoms with Crippen LogP contribution in [0.5, 0.6) is 0 Å². The Balaban J connectivity index is 1.80. The molecule has 0 aromatic heterocycles. The second kappa shape index (κ2) is 16.9. The van der Waals surface area contributed by atoms with Gasteiger partial charge in [-0.25, -0.2) is 0 Å². The van der Waals surface area contributed by atoms with E-state index in [1.807, 2.05) is 0 Å². The second-order valence-corrected chi connectivity index (χ2v) is 9.67. The van der Waals surface area contributed by atoms with Gasteiger partial charge >= 0.3 is 12.1 Å². The van der Waals surface area contributed by atoms with Crippen molar-refractivity contribution in [1.82, 2.24) is 10.4 Å². The predicted molar refractivity (Wildman–Crippen MR) is 143 cm³/mol. The zero-order valence-corrected chi connectivity index (χ0v) is 22.6. The first-order valence-corrected chi connectivity index (χ1v) is 13.7. The number of amides is 1. The molecule has 2 rings (SSSR count). The Morgan fingerprint density at radius 2 is 1.39 bits per heavy atom. The number of hydrogen-bond acceptors (Lipinski definition) is 4. The number of unbranched alkanes of at least 4 members (excludes halogenated alkanes) is 9. The van der Waals surface area contributed by atoms with E-state index in [1.165, 1.54) is 81.6 Å². The van der Waals surface area contributed by atoms with Crippen LogP contribution in [0.15, 0.2) is 48.5 Å². The number of nitrogens with zero attached hydrogens (tertiary/aromatic N) is 1. The van der Waals surface area contributed by atoms with Gasteiger partial charge in [-0.05, 0) is 35.7 Å². The van der Waals surface area contributed by atoms with Gasteiger partial charge in [0.2, 0.25) is 0 Å². The van der Waals surface area contributed by atoms with E-state index in [2.05, 4.69) is 12.2 Å². The minimum Gasteiger partial charge on any atom is -0.368 e. The summed E-state index contributed by atoms with van der Waals surface area (Å²) < 4.78 is 40.1. The third kappa shape index (κ3) is 12.1. The molecule has 0 saturated carbocycles. The molecular weight excluding hydrogens is 493 g/mol. The molecular formula is C30H41F3N2O3. The van der Waals surface area contributed by atoms with E-state index in [0.717, 1.165) is 18.9 Å². The maximum Gasteiger partial charge on any atom is 0.416 e. The van der Waals surface area contributed by atoms with Crippen LogP contribution in [-0.2, 0) is 28.9 Å². The predicted octanol–water partition coefficient (Wildman–Crippen LogP) is 7.84. The lowest BCUT2D eigenvalue weighted by Gasteiger charge is -2.22. The Morgan fingerprint density at radius 3 is 1.97 bits per heavy atom. The van der Waals surface area contributed by atoms with Crippen molar-refractivity contribution in [3.8, 4) is 0 Å². The van der Waals surface area contributed by atoms with Gasteiger partial charge in [0, 0.05) is 19.0 Å². The summed E-state index contributed by atoms with van der Waals surface area (Å²) in [5.74, 6) is -0.791. The molecule has 0 aliphatic carbocycles. The largest absolute Gasteiger partial charge is 0.416 e. The minimum absolute atomic E-state index is 0.00391. The standard InChI is InChI=1S/C30H41F3N2O3/c1-3-4-5-6-7-8-9-10-11-14-21-34-29(37)26-19-17-25(18-20-26)22-35(38-24(2)36)23-27-15-12-13-16-28(27)30(31,32)33/h12-13,15-20H,3-11,14,21-23H2,1-2H3,(H,34,37). The first-order valence-electron chi connectivity index (χ1n) is 13.7. The van der Waals surface area contributed by atoms with Crippen LogP contribution in [0, 0.1) is 0 Å². The lowest BCUT2D eigenvalue weighted by molar-refractivity contribution is -0.194. The number of halogens is 3. The number of alkyl halides is 3. The summed E-state index contributed by atoms with van der Waals surface area (Å²) in [7, 11) is 0. The van der Waals surface area contributed by atoms with Crippen molar-refractivity contribution in [2.24, 2.45) is 0 Å². The average molecular weight is 535 g/mol. The molecule has 0 bridgehead atoms. The van der Waals surface area contributed by atoms with Crippen LogP contribution in [0.1, 0.15) is 105 Å². The monoisotopic (exact) mass is 534 g/mol. The number of carbonyl (C=O) groups excluding carboxylic acids is 2. The summed E-state index contributed by atoms with van der Waals surface area (Å²) in [6.07, 6.45) is 7.82. The highest BCUT2D eigenvalue weighted by molar-refractivity contribution is 5.94. The van der Waals surface area contributed by atoms with Crippen molar-refractivity contribution < 1.29 is 27.6 Å². The molecule has 2 aromatic carbocycles. The van der Waals surface area contributed by atoms with E-state index in [-0.39, 0.29) is 24.6 Å². The van der Waals surface area contributed by atoms with Crippen LogP contribution < -0.4 is 5.32 Å². The molecule has 0 fully saturated rings. The van der Waals surface area contributed by atoms with Gasteiger partial charge in [0.1, 0.15) is 0 Å². The van der Waals surface area contributed by atoms with E-state index in [9.17, 15) is 22.8 Å². The molecule has 0 radical (unpaired) electrons. The van der Waals surface area contributed by atoms with Crippen LogP contribution in [0.25, 0.3) is 0 Å². The third-order valence-corrected chi connectivity index (χ3v) is 6.32. The van der Waals surface area contributed by atoms with Crippen molar-refractivity contribution in [1.29, 1.82) is 0 Å². The Bertz CT molecular complexity index is 977. The Hall–Kier alpha value is -2.87. The van der Waals surface area contributed by atoms with Gasteiger partial charge < -0.3 is 10.2 Å². The van der Waals surface area contributed by atoms with Crippen LogP contribution in [0.4, 0.5) is 13.2 Å². The van der Waals surface area contributed by atoms with Crippen LogP contribution in [-0.4, -0.2) is 23.5 Å². The number of hydrogen-bond donors (Lipinski definition) is 1. The van der Waals surface area contributed by atoms with Crippen LogP contribution >= 0.6 is 0 Å². The van der Waals surface area contributed by atoms with E-state index in [1.54, 1.807) is 24.3 Å². The minimum atomic E-state index is -4.51. The van der Waals surface area contributed by atoms with Crippen molar-refractivity contribution in [3.05, 3.63) is 70.8 Å². The van der Waals surface area contributed by atoms with E-state index in [4.69, 9.17) is 4.84 Å². The van der Waals surface area contributed by atoms with Crippen molar-refractivity contribution in [2.75, 3.05) is 6.54 Å². The Labute approximate surface area is 224 Å². The zero-order valence-electron chi connectivity index (χ0n) is 22.6. The number of rotatable bonds is 17. The highest BCUT2D eigenvalue weighted by Crippen LogP contribution is 2.32. The van der Waals surface area contributed by atoms with E-state index < -0.39 is 17.7 Å². The summed E-state index contributed by atoms with van der Waals surface area (Å²) in [6.45, 7) is 3.90. The number of hydroxylamine groups is 2. The summed E-state index contributed by atoms with van der Waals surface area (Å²) in [5, 5.41) is 4.13. The molecule has 0 aliphatic rings. The zero-order chi connectivity index (χ0) is 27.8. The molecule has 1 N–H and O–H groups in total. The summed E-state index contributed by atoms with van der Waals surface area (Å²) in [5.41, 5.74) is 0.431. The molecule has 0 unspecified atom stereocenters. The number of carbonyl (C=O) groups is 2. The molecule has 210 valence electrons. The molecule has 0 spiro atoms. The van der Waals surface area contributed by atoms with Gasteiger partial charge in [0.25, 0.3) is 5.91 Å². The van der Waals surface area contributed by atoms with Gasteiger partial charge in [-0.2, -0.15) is 13.2 Å². The molecule has 2 aromatic rings. The first-order chi connectivity index (χ1) is 18.2. The molecule has 0 atom stereocenters. The SMILES string of the molecule is CCCCCCCCCCCCNC(=O)c1ccc(CN(Cc2ccccc2C(F)(F)F)OC(C)=O)cc1. The highest BCUT2D eigenvalue weighted by Gasteiger charge is 2.33. The fourth-order valence-electron chi connectivity index (χ4n) is 4.31. The topological polar surface area (TPSA) is 58.6 Å². The van der Waals surface area contributed by atoms with Crippen LogP contribution in [0.3, 0.4) is 0 Å². The van der Waals surface area contributed by atoms with Gasteiger partial charge in [-0.3, -0.25) is 9.59 Å². The third-order valence-electron chi connectivity index (χ3n) is 6.32. The fourth-order valence-corrected chi connectivity index (χ4v) is 4.31. The lowest BCUT2D eigenvalue weighted by atomic mass is 10.1. The van der Waals surface area contributed by atoms with Crippen molar-refractivity contribution >= 4 is 11.9 Å². The Morgan fingerprint density at radius 1 is 0.816 bits per heavy atom. The fraction of sp³-hybridized carbons (Fsp3) is 0.533. The molecule has 0 heterocycles. The second-order valence-electron chi connectivity index (χ2n) is 9.67. The summed E-state index contributed by atoms with van der Waals surface area (Å²) in [6, 6.07) is 12.0. The molecule has 5 nitrogen and oxygen atoms in total. The molecule has 1 amide bonds. The lowest BCUT2D eigenvalue weighted by Crippen LogP contribution is -2.27. The quantitative estimate of drug-likeness (QED) is 0.166. The smallest absolute Gasteiger partial charge is 0.368 e.